The van der Waals surface area contributed by atoms with Crippen LogP contribution in [0.25, 0.3) is 0 Å². The van der Waals surface area contributed by atoms with Crippen molar-refractivity contribution >= 4 is 28.4 Å². The van der Waals surface area contributed by atoms with Gasteiger partial charge in [0.2, 0.25) is 4.38 Å². The van der Waals surface area contributed by atoms with Crippen molar-refractivity contribution in [3.63, 3.8) is 0 Å². The zero-order valence-electron chi connectivity index (χ0n) is 10.2. The quantitative estimate of drug-likeness (QED) is 0.581. The van der Waals surface area contributed by atoms with Crippen molar-refractivity contribution in [1.82, 2.24) is 0 Å². The Hall–Kier alpha value is -0.540. The molecule has 3 heteroatoms. The van der Waals surface area contributed by atoms with Crippen LogP contribution in [0.3, 0.4) is 0 Å². The van der Waals surface area contributed by atoms with Crippen molar-refractivity contribution in [3.8, 4) is 0 Å². The standard InChI is InChI=1S/C13H18OS2/c1-5-11(4)14-13(15)16-12-9(2)7-6-8-10(12)3/h6-8,11H,5H2,1-4H3. The Labute approximate surface area is 108 Å². The zero-order chi connectivity index (χ0) is 12.1. The van der Waals surface area contributed by atoms with Crippen LogP contribution in [0.4, 0.5) is 0 Å². The number of thiocarbonyl (C=S) groups is 1. The molecular weight excluding hydrogens is 236 g/mol. The van der Waals surface area contributed by atoms with Crippen LogP contribution in [-0.4, -0.2) is 10.5 Å². The van der Waals surface area contributed by atoms with Gasteiger partial charge in [0.05, 0.1) is 6.10 Å². The SMILES string of the molecule is CCC(C)OC(=S)Sc1c(C)cccc1C. The van der Waals surface area contributed by atoms with Crippen molar-refractivity contribution < 1.29 is 4.74 Å². The molecule has 0 bridgehead atoms. The maximum Gasteiger partial charge on any atom is 0.225 e. The molecule has 0 aliphatic heterocycles. The van der Waals surface area contributed by atoms with Gasteiger partial charge in [0, 0.05) is 4.90 Å². The normalized spacial score (nSPS) is 12.2. The number of ether oxygens (including phenoxy) is 1. The van der Waals surface area contributed by atoms with Gasteiger partial charge in [-0.15, -0.1) is 0 Å². The lowest BCUT2D eigenvalue weighted by Gasteiger charge is -2.14. The van der Waals surface area contributed by atoms with Crippen LogP contribution in [0, 0.1) is 13.8 Å². The summed E-state index contributed by atoms with van der Waals surface area (Å²) in [5, 5.41) is 0. The number of hydrogen-bond acceptors (Lipinski definition) is 3. The van der Waals surface area contributed by atoms with Crippen molar-refractivity contribution in [3.05, 3.63) is 29.3 Å². The van der Waals surface area contributed by atoms with Gasteiger partial charge < -0.3 is 4.74 Å². The lowest BCUT2D eigenvalue weighted by Crippen LogP contribution is -2.09. The highest BCUT2D eigenvalue weighted by Gasteiger charge is 2.09. The fraction of sp³-hybridized carbons (Fsp3) is 0.462. The van der Waals surface area contributed by atoms with Crippen LogP contribution in [0.15, 0.2) is 23.1 Å². The Morgan fingerprint density at radius 1 is 1.38 bits per heavy atom. The maximum atomic E-state index is 5.61. The number of aryl methyl sites for hydroxylation is 2. The van der Waals surface area contributed by atoms with Gasteiger partial charge in [-0.1, -0.05) is 25.1 Å². The highest BCUT2D eigenvalue weighted by atomic mass is 32.2. The predicted octanol–water partition coefficient (Wildman–Crippen LogP) is 4.50. The number of thioether (sulfide) groups is 1. The molecule has 1 aromatic rings. The van der Waals surface area contributed by atoms with E-state index in [9.17, 15) is 0 Å². The lowest BCUT2D eigenvalue weighted by molar-refractivity contribution is 0.217. The molecule has 1 rings (SSSR count). The van der Waals surface area contributed by atoms with Gasteiger partial charge in [-0.3, -0.25) is 0 Å². The van der Waals surface area contributed by atoms with Crippen LogP contribution in [0.1, 0.15) is 31.4 Å². The third kappa shape index (κ3) is 3.80. The first-order valence-electron chi connectivity index (χ1n) is 5.49. The van der Waals surface area contributed by atoms with E-state index < -0.39 is 0 Å². The molecule has 1 atom stereocenters. The first-order chi connectivity index (χ1) is 7.54. The molecule has 1 unspecified atom stereocenters. The van der Waals surface area contributed by atoms with Gasteiger partial charge in [-0.2, -0.15) is 0 Å². The summed E-state index contributed by atoms with van der Waals surface area (Å²) in [6, 6.07) is 6.26. The molecule has 1 aromatic carbocycles. The summed E-state index contributed by atoms with van der Waals surface area (Å²) in [6.45, 7) is 8.33. The molecule has 0 fully saturated rings. The minimum absolute atomic E-state index is 0.198. The molecule has 1 nitrogen and oxygen atoms in total. The monoisotopic (exact) mass is 254 g/mol. The largest absolute Gasteiger partial charge is 0.475 e. The van der Waals surface area contributed by atoms with E-state index in [4.69, 9.17) is 17.0 Å². The third-order valence-electron chi connectivity index (χ3n) is 2.47. The average Bonchev–Trinajstić information content (AvgIpc) is 2.23. The fourth-order valence-corrected chi connectivity index (χ4v) is 2.57. The van der Waals surface area contributed by atoms with Crippen LogP contribution in [0.2, 0.25) is 0 Å². The summed E-state index contributed by atoms with van der Waals surface area (Å²) in [4.78, 5) is 1.22. The molecule has 0 spiro atoms. The fourth-order valence-electron chi connectivity index (χ4n) is 1.32. The van der Waals surface area contributed by atoms with Gasteiger partial charge >= 0.3 is 0 Å². The summed E-state index contributed by atoms with van der Waals surface area (Å²) in [6.07, 6.45) is 1.18. The zero-order valence-corrected chi connectivity index (χ0v) is 11.9. The minimum atomic E-state index is 0.198. The Morgan fingerprint density at radius 2 is 1.94 bits per heavy atom. The van der Waals surface area contributed by atoms with Gasteiger partial charge in [0.1, 0.15) is 0 Å². The number of rotatable bonds is 3. The highest BCUT2D eigenvalue weighted by Crippen LogP contribution is 2.28. The van der Waals surface area contributed by atoms with Crippen LogP contribution in [0.5, 0.6) is 0 Å². The molecule has 88 valence electrons. The first kappa shape index (κ1) is 13.5. The maximum absolute atomic E-state index is 5.61. The highest BCUT2D eigenvalue weighted by molar-refractivity contribution is 8.22. The molecule has 0 saturated carbocycles. The Balaban J connectivity index is 2.70. The predicted molar refractivity (Wildman–Crippen MR) is 75.2 cm³/mol. The molecular formula is C13H18OS2. The molecule has 0 radical (unpaired) electrons. The summed E-state index contributed by atoms with van der Waals surface area (Å²) in [5.41, 5.74) is 2.50. The molecule has 0 aliphatic rings. The van der Waals surface area contributed by atoms with Gasteiger partial charge in [-0.25, -0.2) is 0 Å². The molecule has 0 amide bonds. The second-order valence-electron chi connectivity index (χ2n) is 3.91. The first-order valence-corrected chi connectivity index (χ1v) is 6.71. The van der Waals surface area contributed by atoms with Gasteiger partial charge in [-0.05, 0) is 62.3 Å². The Morgan fingerprint density at radius 3 is 2.44 bits per heavy atom. The summed E-state index contributed by atoms with van der Waals surface area (Å²) in [7, 11) is 0. The smallest absolute Gasteiger partial charge is 0.225 e. The number of hydrogen-bond donors (Lipinski definition) is 0. The van der Waals surface area contributed by atoms with E-state index in [2.05, 4.69) is 39.0 Å². The van der Waals surface area contributed by atoms with Crippen molar-refractivity contribution in [2.75, 3.05) is 0 Å². The minimum Gasteiger partial charge on any atom is -0.475 e. The van der Waals surface area contributed by atoms with E-state index in [-0.39, 0.29) is 6.10 Å². The lowest BCUT2D eigenvalue weighted by atomic mass is 10.2. The second-order valence-corrected chi connectivity index (χ2v) is 5.52. The van der Waals surface area contributed by atoms with Crippen LogP contribution in [-0.2, 0) is 4.74 Å². The summed E-state index contributed by atoms with van der Waals surface area (Å²) < 4.78 is 6.23. The average molecular weight is 254 g/mol. The van der Waals surface area contributed by atoms with Crippen molar-refractivity contribution in [2.45, 2.75) is 45.1 Å². The van der Waals surface area contributed by atoms with E-state index in [1.807, 2.05) is 6.92 Å². The van der Waals surface area contributed by atoms with E-state index in [0.717, 1.165) is 6.42 Å². The molecule has 0 heterocycles. The molecule has 0 N–H and O–H groups in total. The topological polar surface area (TPSA) is 9.23 Å². The molecule has 0 aliphatic carbocycles. The molecule has 0 saturated heterocycles. The van der Waals surface area contributed by atoms with E-state index in [0.29, 0.717) is 4.38 Å². The van der Waals surface area contributed by atoms with E-state index in [1.165, 1.54) is 16.0 Å². The second kappa shape index (κ2) is 6.26. The number of benzene rings is 1. The third-order valence-corrected chi connectivity index (χ3v) is 3.92. The van der Waals surface area contributed by atoms with Gasteiger partial charge in [0.25, 0.3) is 0 Å². The van der Waals surface area contributed by atoms with Crippen LogP contribution < -0.4 is 0 Å². The summed E-state index contributed by atoms with van der Waals surface area (Å²) in [5.74, 6) is 0. The van der Waals surface area contributed by atoms with Crippen molar-refractivity contribution in [1.29, 1.82) is 0 Å². The van der Waals surface area contributed by atoms with Crippen LogP contribution >= 0.6 is 24.0 Å². The molecule has 0 aromatic heterocycles. The van der Waals surface area contributed by atoms with E-state index in [1.54, 1.807) is 11.8 Å². The summed E-state index contributed by atoms with van der Waals surface area (Å²) >= 11 is 6.79. The van der Waals surface area contributed by atoms with E-state index >= 15 is 0 Å². The Kier molecular flexibility index (Phi) is 5.29. The van der Waals surface area contributed by atoms with Crippen molar-refractivity contribution in [2.24, 2.45) is 0 Å². The Bertz CT molecular complexity index is 354. The van der Waals surface area contributed by atoms with Gasteiger partial charge in [0.15, 0.2) is 0 Å². The molecule has 16 heavy (non-hydrogen) atoms.